The fourth-order valence-corrected chi connectivity index (χ4v) is 2.32. The first kappa shape index (κ1) is 17.1. The van der Waals surface area contributed by atoms with Crippen LogP contribution in [-0.2, 0) is 9.47 Å². The number of ether oxygens (including phenoxy) is 2. The van der Waals surface area contributed by atoms with Gasteiger partial charge in [0.2, 0.25) is 0 Å². The summed E-state index contributed by atoms with van der Waals surface area (Å²) in [4.78, 5) is 25.0. The average Bonchev–Trinajstić information content (AvgIpc) is 3.02. The largest absolute Gasteiger partial charge is 0.450 e. The van der Waals surface area contributed by atoms with Crippen molar-refractivity contribution in [2.45, 2.75) is 25.9 Å². The van der Waals surface area contributed by atoms with E-state index in [9.17, 15) is 9.59 Å². The standard InChI is InChI=1S/C16H23N3O4/c1-3-22-16(21)18-13-8-6-12(7-9-13)17-15(20)19(2)11-14-5-4-10-23-14/h6-9,14H,3-5,10-11H2,1-2H3,(H,17,20)(H,18,21). The fraction of sp³-hybridized carbons (Fsp3) is 0.500. The normalized spacial score (nSPS) is 16.7. The minimum Gasteiger partial charge on any atom is -0.450 e. The summed E-state index contributed by atoms with van der Waals surface area (Å²) in [6.07, 6.45) is 1.67. The molecule has 2 rings (SSSR count). The molecule has 2 N–H and O–H groups in total. The topological polar surface area (TPSA) is 79.9 Å². The molecule has 1 aromatic rings. The second-order valence-corrected chi connectivity index (χ2v) is 5.37. The lowest BCUT2D eigenvalue weighted by molar-refractivity contribution is 0.0894. The molecular weight excluding hydrogens is 298 g/mol. The number of hydrogen-bond donors (Lipinski definition) is 2. The molecule has 1 atom stereocenters. The van der Waals surface area contributed by atoms with Gasteiger partial charge in [0.1, 0.15) is 0 Å². The Morgan fingerprint density at radius 2 is 1.91 bits per heavy atom. The second kappa shape index (κ2) is 8.38. The van der Waals surface area contributed by atoms with Gasteiger partial charge in [0, 0.05) is 31.6 Å². The first-order valence-electron chi connectivity index (χ1n) is 7.76. The van der Waals surface area contributed by atoms with E-state index in [1.54, 1.807) is 43.1 Å². The predicted molar refractivity (Wildman–Crippen MR) is 87.7 cm³/mol. The highest BCUT2D eigenvalue weighted by Crippen LogP contribution is 2.16. The van der Waals surface area contributed by atoms with Crippen LogP contribution in [0.2, 0.25) is 0 Å². The minimum atomic E-state index is -0.499. The molecular formula is C16H23N3O4. The van der Waals surface area contributed by atoms with E-state index in [1.807, 2.05) is 0 Å². The van der Waals surface area contributed by atoms with Gasteiger partial charge in [0.25, 0.3) is 0 Å². The molecule has 0 bridgehead atoms. The third kappa shape index (κ3) is 5.45. The lowest BCUT2D eigenvalue weighted by Gasteiger charge is -2.21. The smallest absolute Gasteiger partial charge is 0.411 e. The van der Waals surface area contributed by atoms with Crippen LogP contribution >= 0.6 is 0 Å². The number of likely N-dealkylation sites (N-methyl/N-ethyl adjacent to an activating group) is 1. The monoisotopic (exact) mass is 321 g/mol. The highest BCUT2D eigenvalue weighted by molar-refractivity contribution is 5.90. The number of carbonyl (C=O) groups is 2. The van der Waals surface area contributed by atoms with Crippen LogP contribution in [-0.4, -0.2) is 49.9 Å². The molecule has 0 aromatic heterocycles. The van der Waals surface area contributed by atoms with E-state index < -0.39 is 6.09 Å². The molecule has 1 aromatic carbocycles. The summed E-state index contributed by atoms with van der Waals surface area (Å²) in [5, 5.41) is 5.40. The summed E-state index contributed by atoms with van der Waals surface area (Å²) in [5.41, 5.74) is 1.26. The van der Waals surface area contributed by atoms with Gasteiger partial charge in [0.05, 0.1) is 12.7 Å². The Balaban J connectivity index is 1.82. The Morgan fingerprint density at radius 3 is 2.48 bits per heavy atom. The van der Waals surface area contributed by atoms with Gasteiger partial charge in [-0.25, -0.2) is 9.59 Å². The maximum Gasteiger partial charge on any atom is 0.411 e. The van der Waals surface area contributed by atoms with Crippen LogP contribution < -0.4 is 10.6 Å². The van der Waals surface area contributed by atoms with E-state index in [0.717, 1.165) is 19.4 Å². The number of urea groups is 1. The zero-order valence-corrected chi connectivity index (χ0v) is 13.5. The van der Waals surface area contributed by atoms with Gasteiger partial charge in [-0.05, 0) is 44.0 Å². The van der Waals surface area contributed by atoms with Crippen molar-refractivity contribution < 1.29 is 19.1 Å². The van der Waals surface area contributed by atoms with E-state index in [0.29, 0.717) is 24.5 Å². The molecule has 7 nitrogen and oxygen atoms in total. The van der Waals surface area contributed by atoms with Gasteiger partial charge in [-0.15, -0.1) is 0 Å². The highest BCUT2D eigenvalue weighted by Gasteiger charge is 2.20. The summed E-state index contributed by atoms with van der Waals surface area (Å²) in [5.74, 6) is 0. The molecule has 1 fully saturated rings. The number of nitrogens with one attached hydrogen (secondary N) is 2. The Bertz CT molecular complexity index is 527. The third-order valence-electron chi connectivity index (χ3n) is 3.51. The Kier molecular flexibility index (Phi) is 6.22. The summed E-state index contributed by atoms with van der Waals surface area (Å²) in [6, 6.07) is 6.66. The average molecular weight is 321 g/mol. The Morgan fingerprint density at radius 1 is 1.26 bits per heavy atom. The Labute approximate surface area is 135 Å². The van der Waals surface area contributed by atoms with Crippen molar-refractivity contribution in [3.05, 3.63) is 24.3 Å². The molecule has 23 heavy (non-hydrogen) atoms. The quantitative estimate of drug-likeness (QED) is 0.874. The number of anilines is 2. The van der Waals surface area contributed by atoms with Crippen molar-refractivity contribution in [3.63, 3.8) is 0 Å². The minimum absolute atomic E-state index is 0.127. The number of benzene rings is 1. The van der Waals surface area contributed by atoms with Crippen LogP contribution in [0.15, 0.2) is 24.3 Å². The molecule has 1 aliphatic heterocycles. The van der Waals surface area contributed by atoms with Crippen LogP contribution in [0, 0.1) is 0 Å². The van der Waals surface area contributed by atoms with E-state index in [4.69, 9.17) is 9.47 Å². The van der Waals surface area contributed by atoms with Crippen LogP contribution in [0.4, 0.5) is 21.0 Å². The van der Waals surface area contributed by atoms with E-state index in [-0.39, 0.29) is 12.1 Å². The molecule has 126 valence electrons. The number of carbonyl (C=O) groups excluding carboxylic acids is 2. The van der Waals surface area contributed by atoms with Crippen molar-refractivity contribution >= 4 is 23.5 Å². The third-order valence-corrected chi connectivity index (χ3v) is 3.51. The number of nitrogens with zero attached hydrogens (tertiary/aromatic N) is 1. The van der Waals surface area contributed by atoms with Crippen molar-refractivity contribution in [1.29, 1.82) is 0 Å². The van der Waals surface area contributed by atoms with Gasteiger partial charge in [-0.1, -0.05) is 0 Å². The lowest BCUT2D eigenvalue weighted by Crippen LogP contribution is -2.37. The van der Waals surface area contributed by atoms with Crippen LogP contribution in [0.5, 0.6) is 0 Å². The number of hydrogen-bond acceptors (Lipinski definition) is 4. The molecule has 0 spiro atoms. The van der Waals surface area contributed by atoms with Crippen LogP contribution in [0.3, 0.4) is 0 Å². The van der Waals surface area contributed by atoms with E-state index in [2.05, 4.69) is 10.6 Å². The van der Waals surface area contributed by atoms with Gasteiger partial charge < -0.3 is 19.7 Å². The zero-order chi connectivity index (χ0) is 16.7. The first-order valence-corrected chi connectivity index (χ1v) is 7.76. The molecule has 0 saturated carbocycles. The van der Waals surface area contributed by atoms with Gasteiger partial charge >= 0.3 is 12.1 Å². The summed E-state index contributed by atoms with van der Waals surface area (Å²) in [6.45, 7) is 3.41. The number of amides is 3. The number of rotatable bonds is 5. The molecule has 1 aliphatic rings. The molecule has 1 unspecified atom stereocenters. The van der Waals surface area contributed by atoms with Gasteiger partial charge in [-0.3, -0.25) is 5.32 Å². The predicted octanol–water partition coefficient (Wildman–Crippen LogP) is 2.90. The molecule has 3 amide bonds. The van der Waals surface area contributed by atoms with Crippen molar-refractivity contribution in [1.82, 2.24) is 4.90 Å². The van der Waals surface area contributed by atoms with E-state index >= 15 is 0 Å². The van der Waals surface area contributed by atoms with Gasteiger partial charge in [-0.2, -0.15) is 0 Å². The molecule has 0 radical (unpaired) electrons. The fourth-order valence-electron chi connectivity index (χ4n) is 2.32. The van der Waals surface area contributed by atoms with Crippen molar-refractivity contribution in [3.8, 4) is 0 Å². The van der Waals surface area contributed by atoms with E-state index in [1.165, 1.54) is 0 Å². The SMILES string of the molecule is CCOC(=O)Nc1ccc(NC(=O)N(C)CC2CCCO2)cc1. The first-order chi connectivity index (χ1) is 11.1. The summed E-state index contributed by atoms with van der Waals surface area (Å²) < 4.78 is 10.3. The highest BCUT2D eigenvalue weighted by atomic mass is 16.5. The molecule has 7 heteroatoms. The van der Waals surface area contributed by atoms with Crippen molar-refractivity contribution in [2.75, 3.05) is 37.4 Å². The van der Waals surface area contributed by atoms with Crippen LogP contribution in [0.1, 0.15) is 19.8 Å². The summed E-state index contributed by atoms with van der Waals surface area (Å²) >= 11 is 0. The van der Waals surface area contributed by atoms with Crippen molar-refractivity contribution in [2.24, 2.45) is 0 Å². The maximum absolute atomic E-state index is 12.1. The summed E-state index contributed by atoms with van der Waals surface area (Å²) in [7, 11) is 1.74. The second-order valence-electron chi connectivity index (χ2n) is 5.37. The lowest BCUT2D eigenvalue weighted by atomic mass is 10.2. The molecule has 0 aliphatic carbocycles. The molecule has 1 heterocycles. The Hall–Kier alpha value is -2.28. The zero-order valence-electron chi connectivity index (χ0n) is 13.5. The van der Waals surface area contributed by atoms with Crippen LogP contribution in [0.25, 0.3) is 0 Å². The van der Waals surface area contributed by atoms with Gasteiger partial charge in [0.15, 0.2) is 0 Å². The maximum atomic E-state index is 12.1. The molecule has 1 saturated heterocycles.